The summed E-state index contributed by atoms with van der Waals surface area (Å²) in [5.41, 5.74) is 1.31. The molecule has 0 aliphatic rings. The van der Waals surface area contributed by atoms with Crippen molar-refractivity contribution in [2.45, 2.75) is 13.3 Å². The van der Waals surface area contributed by atoms with Crippen LogP contribution in [0.1, 0.15) is 12.5 Å². The van der Waals surface area contributed by atoms with Gasteiger partial charge < -0.3 is 4.98 Å². The largest absolute Gasteiger partial charge is 0.316 e. The third kappa shape index (κ3) is 1.35. The van der Waals surface area contributed by atoms with Crippen LogP contribution in [0, 0.1) is 5.95 Å². The van der Waals surface area contributed by atoms with Gasteiger partial charge in [0.25, 0.3) is 0 Å². The van der Waals surface area contributed by atoms with Crippen LogP contribution in [0.5, 0.6) is 0 Å². The van der Waals surface area contributed by atoms with Crippen molar-refractivity contribution in [2.24, 2.45) is 0 Å². The van der Waals surface area contributed by atoms with Gasteiger partial charge in [-0.1, -0.05) is 6.92 Å². The second-order valence-electron chi connectivity index (χ2n) is 2.82. The van der Waals surface area contributed by atoms with Gasteiger partial charge >= 0.3 is 0 Å². The average Bonchev–Trinajstić information content (AvgIpc) is 2.40. The van der Waals surface area contributed by atoms with Crippen molar-refractivity contribution in [1.82, 2.24) is 9.97 Å². The maximum atomic E-state index is 13.2. The van der Waals surface area contributed by atoms with Gasteiger partial charge in [0.15, 0.2) is 5.95 Å². The lowest BCUT2D eigenvalue weighted by atomic mass is 10.2. The quantitative estimate of drug-likeness (QED) is 0.819. The Labute approximate surface area is 83.3 Å². The lowest BCUT2D eigenvalue weighted by Crippen LogP contribution is -1.81. The summed E-state index contributed by atoms with van der Waals surface area (Å²) in [6.45, 7) is 1.92. The van der Waals surface area contributed by atoms with Gasteiger partial charge in [0.2, 0.25) is 0 Å². The highest BCUT2D eigenvalue weighted by Gasteiger charge is 2.09. The Hall–Kier alpha value is -0.900. The fourth-order valence-corrected chi connectivity index (χ4v) is 1.74. The first-order valence-corrected chi connectivity index (χ1v) is 4.83. The third-order valence-corrected chi connectivity index (χ3v) is 2.46. The molecule has 0 aliphatic carbocycles. The number of hydrogen-bond donors (Lipinski definition) is 1. The van der Waals surface area contributed by atoms with Crippen molar-refractivity contribution >= 4 is 27.0 Å². The van der Waals surface area contributed by atoms with Gasteiger partial charge in [-0.3, -0.25) is 0 Å². The molecule has 2 aromatic rings. The molecule has 0 spiro atoms. The molecule has 2 aromatic heterocycles. The highest BCUT2D eigenvalue weighted by Crippen LogP contribution is 2.23. The predicted molar refractivity (Wildman–Crippen MR) is 53.1 cm³/mol. The van der Waals surface area contributed by atoms with E-state index in [1.165, 1.54) is 0 Å². The van der Waals surface area contributed by atoms with E-state index >= 15 is 0 Å². The summed E-state index contributed by atoms with van der Waals surface area (Å²) >= 11 is 3.31. The van der Waals surface area contributed by atoms with E-state index in [2.05, 4.69) is 25.9 Å². The Morgan fingerprint density at radius 3 is 3.08 bits per heavy atom. The van der Waals surface area contributed by atoms with Gasteiger partial charge in [0.1, 0.15) is 5.65 Å². The minimum atomic E-state index is -0.275. The number of hydrogen-bond acceptors (Lipinski definition) is 1. The van der Waals surface area contributed by atoms with Gasteiger partial charge in [-0.25, -0.2) is 4.98 Å². The Balaban J connectivity index is 2.80. The highest BCUT2D eigenvalue weighted by molar-refractivity contribution is 9.10. The molecule has 0 radical (unpaired) electrons. The van der Waals surface area contributed by atoms with Crippen LogP contribution in [-0.2, 0) is 6.42 Å². The van der Waals surface area contributed by atoms with Gasteiger partial charge in [0.05, 0.1) is 0 Å². The maximum absolute atomic E-state index is 13.2. The van der Waals surface area contributed by atoms with Crippen LogP contribution < -0.4 is 0 Å². The number of pyridine rings is 1. The third-order valence-electron chi connectivity index (χ3n) is 2.03. The molecule has 0 aliphatic heterocycles. The molecule has 2 nitrogen and oxygen atoms in total. The minimum absolute atomic E-state index is 0.275. The summed E-state index contributed by atoms with van der Waals surface area (Å²) < 4.78 is 14.1. The summed E-state index contributed by atoms with van der Waals surface area (Å²) in [4.78, 5) is 6.67. The van der Waals surface area contributed by atoms with E-state index in [4.69, 9.17) is 0 Å². The van der Waals surface area contributed by atoms with Gasteiger partial charge in [-0.2, -0.15) is 4.39 Å². The van der Waals surface area contributed by atoms with E-state index in [-0.39, 0.29) is 5.95 Å². The molecule has 0 saturated carbocycles. The SMILES string of the molecule is CCc1c(F)[nH]c2ncc(Br)cc12. The molecular formula is C9H8BrFN2. The topological polar surface area (TPSA) is 28.7 Å². The van der Waals surface area contributed by atoms with Gasteiger partial charge in [-0.15, -0.1) is 0 Å². The van der Waals surface area contributed by atoms with E-state index in [0.717, 1.165) is 9.86 Å². The average molecular weight is 243 g/mol. The molecule has 0 saturated heterocycles. The summed E-state index contributed by atoms with van der Waals surface area (Å²) in [6.07, 6.45) is 2.32. The molecule has 0 bridgehead atoms. The van der Waals surface area contributed by atoms with E-state index in [0.29, 0.717) is 17.6 Å². The number of halogens is 2. The van der Waals surface area contributed by atoms with Crippen LogP contribution in [0.3, 0.4) is 0 Å². The number of fused-ring (bicyclic) bond motifs is 1. The highest BCUT2D eigenvalue weighted by atomic mass is 79.9. The number of aromatic nitrogens is 2. The normalized spacial score (nSPS) is 11.0. The fourth-order valence-electron chi connectivity index (χ4n) is 1.41. The number of aromatic amines is 1. The van der Waals surface area contributed by atoms with Crippen molar-refractivity contribution in [1.29, 1.82) is 0 Å². The molecule has 2 heterocycles. The molecule has 4 heteroatoms. The van der Waals surface area contributed by atoms with Crippen LogP contribution in [-0.4, -0.2) is 9.97 Å². The number of nitrogens with zero attached hydrogens (tertiary/aromatic N) is 1. The lowest BCUT2D eigenvalue weighted by molar-refractivity contribution is 0.581. The number of H-pyrrole nitrogens is 1. The first-order chi connectivity index (χ1) is 6.22. The van der Waals surface area contributed by atoms with E-state index in [1.54, 1.807) is 6.20 Å². The summed E-state index contributed by atoms with van der Waals surface area (Å²) in [6, 6.07) is 1.88. The standard InChI is InChI=1S/C9H8BrFN2/c1-2-6-7-3-5(10)4-12-9(7)13-8(6)11/h3-4H,2H2,1H3,(H,12,13). The van der Waals surface area contributed by atoms with Crippen molar-refractivity contribution in [3.63, 3.8) is 0 Å². The molecule has 0 unspecified atom stereocenters. The fraction of sp³-hybridized carbons (Fsp3) is 0.222. The molecule has 1 N–H and O–H groups in total. The zero-order chi connectivity index (χ0) is 9.42. The zero-order valence-electron chi connectivity index (χ0n) is 7.06. The molecule has 0 aromatic carbocycles. The Bertz CT molecular complexity index is 450. The number of aryl methyl sites for hydroxylation is 1. The summed E-state index contributed by atoms with van der Waals surface area (Å²) in [5.74, 6) is -0.275. The predicted octanol–water partition coefficient (Wildman–Crippen LogP) is 3.03. The molecule has 2 rings (SSSR count). The van der Waals surface area contributed by atoms with Crippen LogP contribution in [0.15, 0.2) is 16.7 Å². The molecule has 68 valence electrons. The lowest BCUT2D eigenvalue weighted by Gasteiger charge is -1.93. The Morgan fingerprint density at radius 1 is 1.62 bits per heavy atom. The minimum Gasteiger partial charge on any atom is -0.316 e. The number of nitrogens with one attached hydrogen (secondary N) is 1. The molecule has 13 heavy (non-hydrogen) atoms. The molecule has 0 fully saturated rings. The van der Waals surface area contributed by atoms with E-state index in [1.807, 2.05) is 13.0 Å². The van der Waals surface area contributed by atoms with Crippen molar-refractivity contribution in [3.05, 3.63) is 28.2 Å². The van der Waals surface area contributed by atoms with Gasteiger partial charge in [-0.05, 0) is 28.4 Å². The van der Waals surface area contributed by atoms with E-state index < -0.39 is 0 Å². The Kier molecular flexibility index (Phi) is 2.07. The summed E-state index contributed by atoms with van der Waals surface area (Å²) in [5, 5.41) is 0.856. The second kappa shape index (κ2) is 3.10. The second-order valence-corrected chi connectivity index (χ2v) is 3.74. The maximum Gasteiger partial charge on any atom is 0.196 e. The zero-order valence-corrected chi connectivity index (χ0v) is 8.65. The van der Waals surface area contributed by atoms with Crippen LogP contribution in [0.4, 0.5) is 4.39 Å². The molecule has 0 atom stereocenters. The monoisotopic (exact) mass is 242 g/mol. The van der Waals surface area contributed by atoms with Crippen molar-refractivity contribution in [2.75, 3.05) is 0 Å². The van der Waals surface area contributed by atoms with Crippen molar-refractivity contribution in [3.8, 4) is 0 Å². The first kappa shape index (κ1) is 8.69. The van der Waals surface area contributed by atoms with Crippen LogP contribution in [0.25, 0.3) is 11.0 Å². The van der Waals surface area contributed by atoms with E-state index in [9.17, 15) is 4.39 Å². The smallest absolute Gasteiger partial charge is 0.196 e. The Morgan fingerprint density at radius 2 is 2.38 bits per heavy atom. The van der Waals surface area contributed by atoms with Crippen molar-refractivity contribution < 1.29 is 4.39 Å². The van der Waals surface area contributed by atoms with Crippen LogP contribution in [0.2, 0.25) is 0 Å². The molecular weight excluding hydrogens is 235 g/mol. The van der Waals surface area contributed by atoms with Gasteiger partial charge in [0, 0.05) is 21.6 Å². The molecule has 0 amide bonds. The van der Waals surface area contributed by atoms with Crippen LogP contribution >= 0.6 is 15.9 Å². The summed E-state index contributed by atoms with van der Waals surface area (Å²) in [7, 11) is 0. The first-order valence-electron chi connectivity index (χ1n) is 4.04. The number of rotatable bonds is 1.